The minimum absolute atomic E-state index is 0.0111. The lowest BCUT2D eigenvalue weighted by Gasteiger charge is -2.16. The number of aromatic nitrogens is 2. The minimum atomic E-state index is -4.07. The number of carbonyl (C=O) groups is 1. The Labute approximate surface area is 202 Å². The van der Waals surface area contributed by atoms with Gasteiger partial charge in [0.1, 0.15) is 6.26 Å². The molecule has 2 heterocycles. The summed E-state index contributed by atoms with van der Waals surface area (Å²) in [5.74, 6) is 0.450. The third-order valence-electron chi connectivity index (χ3n) is 5.47. The summed E-state index contributed by atoms with van der Waals surface area (Å²) in [5, 5.41) is 15.5. The lowest BCUT2D eigenvalue weighted by atomic mass is 9.97. The number of aryl methyl sites for hydroxylation is 1. The maximum atomic E-state index is 13.5. The van der Waals surface area contributed by atoms with Crippen molar-refractivity contribution in [1.29, 1.82) is 0 Å². The Balaban J connectivity index is 1.79. The molecule has 0 fully saturated rings. The number of anilines is 1. The van der Waals surface area contributed by atoms with E-state index in [1.165, 1.54) is 18.5 Å². The van der Waals surface area contributed by atoms with E-state index < -0.39 is 16.1 Å². The molecule has 0 bridgehead atoms. The lowest BCUT2D eigenvalue weighted by Crippen LogP contribution is -2.20. The Bertz CT molecular complexity index is 1440. The summed E-state index contributed by atoms with van der Waals surface area (Å²) in [5.41, 5.74) is 3.51. The van der Waals surface area contributed by atoms with E-state index in [1.54, 1.807) is 36.4 Å². The highest BCUT2D eigenvalue weighted by Gasteiger charge is 2.25. The molecule has 0 radical (unpaired) electrons. The zero-order valence-electron chi connectivity index (χ0n) is 19.1. The fourth-order valence-electron chi connectivity index (χ4n) is 3.84. The van der Waals surface area contributed by atoms with Gasteiger partial charge in [-0.2, -0.15) is 0 Å². The highest BCUT2D eigenvalue weighted by atomic mass is 32.2. The van der Waals surface area contributed by atoms with E-state index in [4.69, 9.17) is 14.0 Å². The number of nitrogens with zero attached hydrogens (tertiary/aromatic N) is 2. The highest BCUT2D eigenvalue weighted by molar-refractivity contribution is 7.92. The fourth-order valence-corrected chi connectivity index (χ4v) is 5.08. The zero-order chi connectivity index (χ0) is 25.0. The molecule has 0 atom stereocenters. The summed E-state index contributed by atoms with van der Waals surface area (Å²) in [6, 6.07) is 11.6. The van der Waals surface area contributed by atoms with Gasteiger partial charge in [0, 0.05) is 23.2 Å². The first-order valence-corrected chi connectivity index (χ1v) is 12.4. The third kappa shape index (κ3) is 5.04. The molecule has 0 spiro atoms. The molecular weight excluding hydrogens is 472 g/mol. The van der Waals surface area contributed by atoms with Gasteiger partial charge < -0.3 is 19.4 Å². The number of benzene rings is 2. The highest BCUT2D eigenvalue weighted by Crippen LogP contribution is 2.34. The van der Waals surface area contributed by atoms with Crippen molar-refractivity contribution in [1.82, 2.24) is 15.5 Å². The molecule has 4 aromatic rings. The van der Waals surface area contributed by atoms with E-state index >= 15 is 0 Å². The van der Waals surface area contributed by atoms with Crippen LogP contribution in [0.2, 0.25) is 0 Å². The number of hydrogen-bond donors (Lipinski definition) is 3. The van der Waals surface area contributed by atoms with E-state index in [9.17, 15) is 13.2 Å². The van der Waals surface area contributed by atoms with Crippen LogP contribution in [0, 0.1) is 0 Å². The Morgan fingerprint density at radius 1 is 1.09 bits per heavy atom. The van der Waals surface area contributed by atoms with E-state index in [-0.39, 0.29) is 17.3 Å². The van der Waals surface area contributed by atoms with E-state index in [1.807, 2.05) is 13.8 Å². The molecule has 0 unspecified atom stereocenters. The summed E-state index contributed by atoms with van der Waals surface area (Å²) < 4.78 is 40.1. The predicted octanol–water partition coefficient (Wildman–Crippen LogP) is 4.69. The zero-order valence-corrected chi connectivity index (χ0v) is 19.9. The van der Waals surface area contributed by atoms with Crippen LogP contribution in [-0.4, -0.2) is 29.8 Å². The van der Waals surface area contributed by atoms with Crippen LogP contribution in [0.1, 0.15) is 30.7 Å². The number of amides is 1. The summed E-state index contributed by atoms with van der Waals surface area (Å²) in [4.78, 5) is 15.3. The average Bonchev–Trinajstić information content (AvgIpc) is 3.52. The number of oxazole rings is 1. The van der Waals surface area contributed by atoms with Crippen molar-refractivity contribution in [3.05, 3.63) is 71.7 Å². The van der Waals surface area contributed by atoms with Gasteiger partial charge in [0.05, 0.1) is 16.8 Å². The van der Waals surface area contributed by atoms with Gasteiger partial charge in [-0.1, -0.05) is 43.3 Å². The second-order valence-electron chi connectivity index (χ2n) is 7.61. The topological polar surface area (TPSA) is 148 Å². The molecule has 10 nitrogen and oxygen atoms in total. The second kappa shape index (κ2) is 10.0. The van der Waals surface area contributed by atoms with Gasteiger partial charge in [0.15, 0.2) is 0 Å². The minimum Gasteiger partial charge on any atom is -0.465 e. The number of nitrogens with one attached hydrogen (secondary N) is 2. The molecule has 182 valence electrons. The van der Waals surface area contributed by atoms with Crippen molar-refractivity contribution in [2.24, 2.45) is 0 Å². The Hall–Kier alpha value is -4.12. The molecule has 2 aromatic heterocycles. The Kier molecular flexibility index (Phi) is 6.87. The first-order valence-electron chi connectivity index (χ1n) is 10.9. The first-order chi connectivity index (χ1) is 16.8. The summed E-state index contributed by atoms with van der Waals surface area (Å²) >= 11 is 0. The normalized spacial score (nSPS) is 11.4. The van der Waals surface area contributed by atoms with Gasteiger partial charge in [0.25, 0.3) is 10.0 Å². The maximum Gasteiger partial charge on any atom is 0.404 e. The molecule has 11 heteroatoms. The van der Waals surface area contributed by atoms with Crippen LogP contribution >= 0.6 is 0 Å². The third-order valence-corrected chi connectivity index (χ3v) is 6.86. The van der Waals surface area contributed by atoms with Gasteiger partial charge in [0.2, 0.25) is 11.8 Å². The van der Waals surface area contributed by atoms with Crippen molar-refractivity contribution in [3.8, 4) is 22.6 Å². The van der Waals surface area contributed by atoms with Crippen molar-refractivity contribution >= 4 is 22.0 Å². The van der Waals surface area contributed by atoms with E-state index in [0.29, 0.717) is 52.2 Å². The molecule has 2 aromatic carbocycles. The molecule has 0 saturated carbocycles. The fraction of sp³-hybridized carbons (Fsp3) is 0.208. The van der Waals surface area contributed by atoms with Crippen LogP contribution in [0.25, 0.3) is 22.6 Å². The summed E-state index contributed by atoms with van der Waals surface area (Å²) in [7, 11) is -4.07. The van der Waals surface area contributed by atoms with E-state index in [2.05, 4.69) is 20.2 Å². The molecule has 0 aliphatic carbocycles. The van der Waals surface area contributed by atoms with Crippen molar-refractivity contribution in [3.63, 3.8) is 0 Å². The largest absolute Gasteiger partial charge is 0.465 e. The monoisotopic (exact) mass is 496 g/mol. The average molecular weight is 497 g/mol. The van der Waals surface area contributed by atoms with Crippen LogP contribution in [0.5, 0.6) is 0 Å². The molecule has 0 aliphatic heterocycles. The molecular formula is C24H24N4O6S. The number of rotatable bonds is 9. The van der Waals surface area contributed by atoms with Crippen LogP contribution in [-0.2, 0) is 29.4 Å². The lowest BCUT2D eigenvalue weighted by molar-refractivity contribution is 0.194. The van der Waals surface area contributed by atoms with Gasteiger partial charge in [-0.25, -0.2) is 22.9 Å². The Morgan fingerprint density at radius 3 is 2.57 bits per heavy atom. The SMILES string of the molecule is CCc1noc(NS(=O)(=O)c2ccccc2-c2ccc(-c3ncco3)cc2CNC(=O)O)c1CC. The maximum absolute atomic E-state index is 13.5. The quantitative estimate of drug-likeness (QED) is 0.302. The number of carboxylic acid groups (broad SMARTS) is 1. The van der Waals surface area contributed by atoms with Gasteiger partial charge >= 0.3 is 6.09 Å². The summed E-state index contributed by atoms with van der Waals surface area (Å²) in [6.07, 6.45) is 2.90. The molecule has 4 rings (SSSR count). The van der Waals surface area contributed by atoms with Crippen LogP contribution in [0.4, 0.5) is 10.7 Å². The van der Waals surface area contributed by atoms with Gasteiger partial charge in [-0.3, -0.25) is 0 Å². The van der Waals surface area contributed by atoms with Crippen molar-refractivity contribution in [2.75, 3.05) is 4.72 Å². The summed E-state index contributed by atoms with van der Waals surface area (Å²) in [6.45, 7) is 3.76. The molecule has 35 heavy (non-hydrogen) atoms. The smallest absolute Gasteiger partial charge is 0.404 e. The Morgan fingerprint density at radius 2 is 1.89 bits per heavy atom. The van der Waals surface area contributed by atoms with Crippen molar-refractivity contribution < 1.29 is 27.3 Å². The molecule has 3 N–H and O–H groups in total. The van der Waals surface area contributed by atoms with Crippen LogP contribution in [0.3, 0.4) is 0 Å². The van der Waals surface area contributed by atoms with E-state index in [0.717, 1.165) is 0 Å². The molecule has 1 amide bonds. The molecule has 0 saturated heterocycles. The van der Waals surface area contributed by atoms with Crippen LogP contribution < -0.4 is 10.0 Å². The molecule has 0 aliphatic rings. The van der Waals surface area contributed by atoms with Crippen LogP contribution in [0.15, 0.2) is 68.8 Å². The van der Waals surface area contributed by atoms with Gasteiger partial charge in [-0.05, 0) is 42.2 Å². The van der Waals surface area contributed by atoms with Gasteiger partial charge in [-0.15, -0.1) is 0 Å². The van der Waals surface area contributed by atoms with Crippen molar-refractivity contribution in [2.45, 2.75) is 38.1 Å². The predicted molar refractivity (Wildman–Crippen MR) is 128 cm³/mol. The number of hydrogen-bond acceptors (Lipinski definition) is 7. The number of sulfonamides is 1. The second-order valence-corrected chi connectivity index (χ2v) is 9.26. The first kappa shape index (κ1) is 24.0. The standard InChI is InChI=1S/C24H24N4O6S/c1-3-17-20(4-2)27-34-23(17)28-35(31,32)21-8-6-5-7-19(21)18-10-9-15(22-25-11-12-33-22)13-16(18)14-26-24(29)30/h5-13,26,28H,3-4,14H2,1-2H3,(H,29,30).